The van der Waals surface area contributed by atoms with Crippen molar-refractivity contribution in [3.63, 3.8) is 0 Å². The lowest BCUT2D eigenvalue weighted by atomic mass is 10.2. The standard InChI is InChI=1S/C12H17N3O3/c1-8-10(12(17)18)6-13-15(8)7-11(16)14-9-4-2-3-5-9/h6,9H,2-5,7H2,1H3,(H,14,16)(H,17,18). The third-order valence-corrected chi connectivity index (χ3v) is 3.35. The molecule has 6 heteroatoms. The van der Waals surface area contributed by atoms with Crippen LogP contribution in [0.5, 0.6) is 0 Å². The van der Waals surface area contributed by atoms with Crippen LogP contribution in [0.1, 0.15) is 41.7 Å². The molecule has 6 nitrogen and oxygen atoms in total. The van der Waals surface area contributed by atoms with Crippen LogP contribution in [0.25, 0.3) is 0 Å². The minimum Gasteiger partial charge on any atom is -0.478 e. The second-order valence-corrected chi connectivity index (χ2v) is 4.66. The number of aromatic nitrogens is 2. The predicted octanol–water partition coefficient (Wildman–Crippen LogP) is 0.949. The molecule has 1 saturated carbocycles. The van der Waals surface area contributed by atoms with Crippen molar-refractivity contribution < 1.29 is 14.7 Å². The highest BCUT2D eigenvalue weighted by Gasteiger charge is 2.19. The second kappa shape index (κ2) is 5.20. The first kappa shape index (κ1) is 12.6. The third kappa shape index (κ3) is 2.69. The average Bonchev–Trinajstić information content (AvgIpc) is 2.90. The SMILES string of the molecule is Cc1c(C(=O)O)cnn1CC(=O)NC1CCCC1. The topological polar surface area (TPSA) is 84.2 Å². The zero-order valence-corrected chi connectivity index (χ0v) is 10.3. The number of nitrogens with zero attached hydrogens (tertiary/aromatic N) is 2. The molecule has 18 heavy (non-hydrogen) atoms. The predicted molar refractivity (Wildman–Crippen MR) is 64.3 cm³/mol. The van der Waals surface area contributed by atoms with Gasteiger partial charge < -0.3 is 10.4 Å². The lowest BCUT2D eigenvalue weighted by molar-refractivity contribution is -0.122. The van der Waals surface area contributed by atoms with Crippen molar-refractivity contribution in [3.05, 3.63) is 17.5 Å². The summed E-state index contributed by atoms with van der Waals surface area (Å²) >= 11 is 0. The van der Waals surface area contributed by atoms with E-state index in [-0.39, 0.29) is 24.1 Å². The maximum Gasteiger partial charge on any atom is 0.339 e. The van der Waals surface area contributed by atoms with Crippen LogP contribution in [0.3, 0.4) is 0 Å². The molecule has 0 bridgehead atoms. The van der Waals surface area contributed by atoms with Crippen LogP contribution >= 0.6 is 0 Å². The Balaban J connectivity index is 1.96. The van der Waals surface area contributed by atoms with Gasteiger partial charge in [0.25, 0.3) is 0 Å². The van der Waals surface area contributed by atoms with Crippen molar-refractivity contribution in [2.24, 2.45) is 0 Å². The number of amides is 1. The molecule has 0 saturated heterocycles. The van der Waals surface area contributed by atoms with Crippen LogP contribution in [0.15, 0.2) is 6.20 Å². The summed E-state index contributed by atoms with van der Waals surface area (Å²) in [5, 5.41) is 15.8. The molecule has 0 atom stereocenters. The van der Waals surface area contributed by atoms with Gasteiger partial charge in [0.1, 0.15) is 12.1 Å². The Morgan fingerprint density at radius 1 is 1.50 bits per heavy atom. The normalized spacial score (nSPS) is 15.8. The molecule has 1 aliphatic carbocycles. The van der Waals surface area contributed by atoms with E-state index in [1.165, 1.54) is 10.9 Å². The molecular weight excluding hydrogens is 234 g/mol. The lowest BCUT2D eigenvalue weighted by Gasteiger charge is -2.12. The van der Waals surface area contributed by atoms with Gasteiger partial charge in [-0.15, -0.1) is 0 Å². The molecule has 0 spiro atoms. The van der Waals surface area contributed by atoms with E-state index in [0.29, 0.717) is 5.69 Å². The molecule has 2 rings (SSSR count). The largest absolute Gasteiger partial charge is 0.478 e. The Bertz CT molecular complexity index is 461. The molecule has 98 valence electrons. The minimum absolute atomic E-state index is 0.0790. The summed E-state index contributed by atoms with van der Waals surface area (Å²) in [5.41, 5.74) is 0.646. The molecule has 1 aliphatic rings. The van der Waals surface area contributed by atoms with Crippen molar-refractivity contribution in [1.82, 2.24) is 15.1 Å². The molecule has 1 aromatic heterocycles. The average molecular weight is 251 g/mol. The summed E-state index contributed by atoms with van der Waals surface area (Å²) in [6, 6.07) is 0.271. The lowest BCUT2D eigenvalue weighted by Crippen LogP contribution is -2.35. The number of carboxylic acid groups (broad SMARTS) is 1. The first-order valence-corrected chi connectivity index (χ1v) is 6.13. The first-order chi connectivity index (χ1) is 8.58. The van der Waals surface area contributed by atoms with Gasteiger partial charge in [-0.25, -0.2) is 4.79 Å². The summed E-state index contributed by atoms with van der Waals surface area (Å²) in [6.07, 6.45) is 5.67. The van der Waals surface area contributed by atoms with Crippen LogP contribution in [-0.2, 0) is 11.3 Å². The fraction of sp³-hybridized carbons (Fsp3) is 0.583. The molecule has 0 radical (unpaired) electrons. The van der Waals surface area contributed by atoms with E-state index in [4.69, 9.17) is 5.11 Å². The molecule has 1 heterocycles. The van der Waals surface area contributed by atoms with Gasteiger partial charge in [-0.05, 0) is 19.8 Å². The zero-order chi connectivity index (χ0) is 13.1. The fourth-order valence-electron chi connectivity index (χ4n) is 2.30. The van der Waals surface area contributed by atoms with E-state index in [1.807, 2.05) is 0 Å². The maximum absolute atomic E-state index is 11.8. The first-order valence-electron chi connectivity index (χ1n) is 6.13. The molecule has 2 N–H and O–H groups in total. The molecule has 1 fully saturated rings. The van der Waals surface area contributed by atoms with E-state index >= 15 is 0 Å². The highest BCUT2D eigenvalue weighted by atomic mass is 16.4. The smallest absolute Gasteiger partial charge is 0.339 e. The number of rotatable bonds is 4. The van der Waals surface area contributed by atoms with Crippen molar-refractivity contribution in [2.75, 3.05) is 0 Å². The quantitative estimate of drug-likeness (QED) is 0.834. The van der Waals surface area contributed by atoms with Crippen molar-refractivity contribution >= 4 is 11.9 Å². The van der Waals surface area contributed by atoms with E-state index in [9.17, 15) is 9.59 Å². The van der Waals surface area contributed by atoms with Crippen molar-refractivity contribution in [1.29, 1.82) is 0 Å². The molecule has 0 aromatic carbocycles. The Morgan fingerprint density at radius 2 is 2.17 bits per heavy atom. The summed E-state index contributed by atoms with van der Waals surface area (Å²) in [4.78, 5) is 22.6. The second-order valence-electron chi connectivity index (χ2n) is 4.66. The van der Waals surface area contributed by atoms with Gasteiger partial charge in [0.2, 0.25) is 5.91 Å². The highest BCUT2D eigenvalue weighted by Crippen LogP contribution is 2.17. The Hall–Kier alpha value is -1.85. The van der Waals surface area contributed by atoms with Crippen LogP contribution in [0.4, 0.5) is 0 Å². The zero-order valence-electron chi connectivity index (χ0n) is 10.3. The van der Waals surface area contributed by atoms with Crippen molar-refractivity contribution in [2.45, 2.75) is 45.2 Å². The number of hydrogen-bond donors (Lipinski definition) is 2. The number of carbonyl (C=O) groups excluding carboxylic acids is 1. The monoisotopic (exact) mass is 251 g/mol. The number of carboxylic acids is 1. The van der Waals surface area contributed by atoms with Crippen molar-refractivity contribution in [3.8, 4) is 0 Å². The van der Waals surface area contributed by atoms with Crippen LogP contribution in [-0.4, -0.2) is 32.8 Å². The Morgan fingerprint density at radius 3 is 2.72 bits per heavy atom. The van der Waals surface area contributed by atoms with Gasteiger partial charge in [-0.1, -0.05) is 12.8 Å². The van der Waals surface area contributed by atoms with Gasteiger partial charge in [0.05, 0.1) is 11.9 Å². The Labute approximate surface area is 105 Å². The molecule has 1 aromatic rings. The molecule has 0 aliphatic heterocycles. The number of carbonyl (C=O) groups is 2. The summed E-state index contributed by atoms with van der Waals surface area (Å²) in [7, 11) is 0. The van der Waals surface area contributed by atoms with Gasteiger partial charge >= 0.3 is 5.97 Å². The summed E-state index contributed by atoms with van der Waals surface area (Å²) in [5.74, 6) is -1.13. The maximum atomic E-state index is 11.8. The van der Waals surface area contributed by atoms with E-state index in [2.05, 4.69) is 10.4 Å². The number of aromatic carboxylic acids is 1. The minimum atomic E-state index is -1.02. The van der Waals surface area contributed by atoms with E-state index in [1.54, 1.807) is 6.92 Å². The van der Waals surface area contributed by atoms with E-state index < -0.39 is 5.97 Å². The molecular formula is C12H17N3O3. The Kier molecular flexibility index (Phi) is 3.64. The van der Waals surface area contributed by atoms with Gasteiger partial charge in [0, 0.05) is 6.04 Å². The fourth-order valence-corrected chi connectivity index (χ4v) is 2.30. The summed E-state index contributed by atoms with van der Waals surface area (Å²) < 4.78 is 1.42. The van der Waals surface area contributed by atoms with Crippen LogP contribution in [0, 0.1) is 6.92 Å². The number of hydrogen-bond acceptors (Lipinski definition) is 3. The molecule has 1 amide bonds. The van der Waals surface area contributed by atoms with Crippen LogP contribution in [0.2, 0.25) is 0 Å². The number of nitrogens with one attached hydrogen (secondary N) is 1. The van der Waals surface area contributed by atoms with Gasteiger partial charge in [-0.3, -0.25) is 9.48 Å². The van der Waals surface area contributed by atoms with Gasteiger partial charge in [0.15, 0.2) is 0 Å². The van der Waals surface area contributed by atoms with Crippen LogP contribution < -0.4 is 5.32 Å². The third-order valence-electron chi connectivity index (χ3n) is 3.35. The van der Waals surface area contributed by atoms with E-state index in [0.717, 1.165) is 25.7 Å². The highest BCUT2D eigenvalue weighted by molar-refractivity contribution is 5.88. The molecule has 0 unspecified atom stereocenters. The summed E-state index contributed by atoms with van der Waals surface area (Å²) in [6.45, 7) is 1.73. The van der Waals surface area contributed by atoms with Gasteiger partial charge in [-0.2, -0.15) is 5.10 Å².